The lowest BCUT2D eigenvalue weighted by Crippen LogP contribution is -2.29. The first-order valence-corrected chi connectivity index (χ1v) is 7.92. The molecule has 0 amide bonds. The molecule has 1 aromatic rings. The quantitative estimate of drug-likeness (QED) is 0.873. The molecule has 0 aromatic carbocycles. The van der Waals surface area contributed by atoms with Gasteiger partial charge in [0, 0.05) is 0 Å². The van der Waals surface area contributed by atoms with E-state index in [1.54, 1.807) is 6.26 Å². The normalized spacial score (nSPS) is 24.9. The van der Waals surface area contributed by atoms with Gasteiger partial charge in [-0.1, -0.05) is 6.92 Å². The van der Waals surface area contributed by atoms with Gasteiger partial charge in [-0.3, -0.25) is 0 Å². The second-order valence-electron chi connectivity index (χ2n) is 4.61. The van der Waals surface area contributed by atoms with Gasteiger partial charge in [0.25, 0.3) is 0 Å². The maximum absolute atomic E-state index is 11.5. The molecule has 0 saturated carbocycles. The summed E-state index contributed by atoms with van der Waals surface area (Å²) in [6.45, 7) is 2.97. The summed E-state index contributed by atoms with van der Waals surface area (Å²) in [5.74, 6) is 1.57. The van der Waals surface area contributed by atoms with Crippen molar-refractivity contribution in [1.82, 2.24) is 5.32 Å². The van der Waals surface area contributed by atoms with Gasteiger partial charge >= 0.3 is 0 Å². The van der Waals surface area contributed by atoms with Crippen molar-refractivity contribution >= 4 is 9.84 Å². The summed E-state index contributed by atoms with van der Waals surface area (Å²) in [4.78, 5) is 0. The summed E-state index contributed by atoms with van der Waals surface area (Å²) in [7, 11) is -2.84. The van der Waals surface area contributed by atoms with Gasteiger partial charge in [0.05, 0.1) is 23.8 Å². The molecule has 1 aliphatic rings. The topological polar surface area (TPSA) is 59.3 Å². The third-order valence-electron chi connectivity index (χ3n) is 3.20. The van der Waals surface area contributed by atoms with Crippen LogP contribution < -0.4 is 5.32 Å². The predicted molar refractivity (Wildman–Crippen MR) is 66.5 cm³/mol. The van der Waals surface area contributed by atoms with Crippen molar-refractivity contribution in [3.63, 3.8) is 0 Å². The van der Waals surface area contributed by atoms with Crippen molar-refractivity contribution < 1.29 is 12.8 Å². The molecular formula is C12H19NO3S. The number of hydrogen-bond acceptors (Lipinski definition) is 4. The Bertz CT molecular complexity index is 438. The lowest BCUT2D eigenvalue weighted by Gasteiger charge is -2.21. The molecule has 1 aliphatic heterocycles. The van der Waals surface area contributed by atoms with Gasteiger partial charge in [-0.15, -0.1) is 0 Å². The minimum atomic E-state index is -2.84. The van der Waals surface area contributed by atoms with Crippen molar-refractivity contribution in [3.8, 4) is 0 Å². The zero-order valence-corrected chi connectivity index (χ0v) is 10.9. The molecule has 2 heterocycles. The molecule has 0 aliphatic carbocycles. The molecule has 96 valence electrons. The lowest BCUT2D eigenvalue weighted by molar-refractivity contribution is 0.330. The van der Waals surface area contributed by atoms with Crippen LogP contribution in [-0.2, 0) is 9.84 Å². The van der Waals surface area contributed by atoms with Gasteiger partial charge in [-0.05, 0) is 37.4 Å². The Morgan fingerprint density at radius 1 is 1.59 bits per heavy atom. The van der Waals surface area contributed by atoms with Gasteiger partial charge in [-0.2, -0.15) is 0 Å². The van der Waals surface area contributed by atoms with Crippen LogP contribution in [0, 0.1) is 5.92 Å². The first-order chi connectivity index (χ1) is 8.12. The van der Waals surface area contributed by atoms with Crippen molar-refractivity contribution in [2.45, 2.75) is 25.8 Å². The first kappa shape index (κ1) is 12.6. The standard InChI is InChI=1S/C12H19NO3S/c1-2-6-13-12(11-4-3-7-16-11)10-5-8-17(14,15)9-10/h3-4,7,10,12-13H,2,5-6,8-9H2,1H3. The Kier molecular flexibility index (Phi) is 3.89. The molecule has 5 heteroatoms. The summed E-state index contributed by atoms with van der Waals surface area (Å²) in [6, 6.07) is 3.79. The highest BCUT2D eigenvalue weighted by atomic mass is 32.2. The molecule has 2 rings (SSSR count). The zero-order valence-electron chi connectivity index (χ0n) is 10.1. The zero-order chi connectivity index (χ0) is 12.3. The molecule has 17 heavy (non-hydrogen) atoms. The van der Waals surface area contributed by atoms with E-state index in [9.17, 15) is 8.42 Å². The summed E-state index contributed by atoms with van der Waals surface area (Å²) >= 11 is 0. The monoisotopic (exact) mass is 257 g/mol. The Balaban J connectivity index is 2.11. The number of furan rings is 1. The predicted octanol–water partition coefficient (Wildman–Crippen LogP) is 1.75. The van der Waals surface area contributed by atoms with Crippen molar-refractivity contribution in [2.75, 3.05) is 18.1 Å². The molecule has 2 atom stereocenters. The molecule has 0 spiro atoms. The largest absolute Gasteiger partial charge is 0.468 e. The first-order valence-electron chi connectivity index (χ1n) is 6.09. The van der Waals surface area contributed by atoms with Crippen LogP contribution in [0.5, 0.6) is 0 Å². The highest BCUT2D eigenvalue weighted by molar-refractivity contribution is 7.91. The van der Waals surface area contributed by atoms with Gasteiger partial charge in [-0.25, -0.2) is 8.42 Å². The van der Waals surface area contributed by atoms with Crippen LogP contribution in [0.25, 0.3) is 0 Å². The van der Waals surface area contributed by atoms with Crippen LogP contribution in [0.4, 0.5) is 0 Å². The van der Waals surface area contributed by atoms with E-state index >= 15 is 0 Å². The summed E-state index contributed by atoms with van der Waals surface area (Å²) in [5, 5.41) is 3.39. The maximum atomic E-state index is 11.5. The third-order valence-corrected chi connectivity index (χ3v) is 5.00. The average Bonchev–Trinajstić information content (AvgIpc) is 2.89. The molecule has 0 bridgehead atoms. The Morgan fingerprint density at radius 3 is 2.94 bits per heavy atom. The molecule has 4 nitrogen and oxygen atoms in total. The molecular weight excluding hydrogens is 238 g/mol. The van der Waals surface area contributed by atoms with Crippen LogP contribution >= 0.6 is 0 Å². The van der Waals surface area contributed by atoms with Crippen molar-refractivity contribution in [3.05, 3.63) is 24.2 Å². The van der Waals surface area contributed by atoms with E-state index in [1.807, 2.05) is 12.1 Å². The molecule has 2 unspecified atom stereocenters. The highest BCUT2D eigenvalue weighted by Gasteiger charge is 2.35. The molecule has 1 N–H and O–H groups in total. The van der Waals surface area contributed by atoms with Crippen molar-refractivity contribution in [1.29, 1.82) is 0 Å². The number of hydrogen-bond donors (Lipinski definition) is 1. The number of sulfone groups is 1. The van der Waals surface area contributed by atoms with Gasteiger partial charge in [0.2, 0.25) is 0 Å². The lowest BCUT2D eigenvalue weighted by atomic mass is 9.97. The van der Waals surface area contributed by atoms with Gasteiger partial charge < -0.3 is 9.73 Å². The van der Waals surface area contributed by atoms with Crippen LogP contribution in [0.1, 0.15) is 31.6 Å². The second-order valence-corrected chi connectivity index (χ2v) is 6.84. The Morgan fingerprint density at radius 2 is 2.41 bits per heavy atom. The molecule has 1 aromatic heterocycles. The fraction of sp³-hybridized carbons (Fsp3) is 0.667. The van der Waals surface area contributed by atoms with Crippen LogP contribution in [-0.4, -0.2) is 26.5 Å². The van der Waals surface area contributed by atoms with E-state index in [-0.39, 0.29) is 17.7 Å². The van der Waals surface area contributed by atoms with E-state index in [1.165, 1.54) is 0 Å². The van der Waals surface area contributed by atoms with E-state index < -0.39 is 9.84 Å². The van der Waals surface area contributed by atoms with Gasteiger partial charge in [0.1, 0.15) is 5.76 Å². The fourth-order valence-corrected chi connectivity index (χ4v) is 4.19. The van der Waals surface area contributed by atoms with E-state index in [0.29, 0.717) is 5.75 Å². The molecule has 0 radical (unpaired) electrons. The van der Waals surface area contributed by atoms with Crippen LogP contribution in [0.2, 0.25) is 0 Å². The average molecular weight is 257 g/mol. The Labute approximate surface area is 102 Å². The Hall–Kier alpha value is -0.810. The fourth-order valence-electron chi connectivity index (χ4n) is 2.35. The third kappa shape index (κ3) is 3.10. The number of nitrogens with one attached hydrogen (secondary N) is 1. The van der Waals surface area contributed by atoms with Crippen LogP contribution in [0.15, 0.2) is 22.8 Å². The van der Waals surface area contributed by atoms with E-state index in [4.69, 9.17) is 4.42 Å². The van der Waals surface area contributed by atoms with E-state index in [0.717, 1.165) is 25.1 Å². The maximum Gasteiger partial charge on any atom is 0.150 e. The molecule has 1 fully saturated rings. The van der Waals surface area contributed by atoms with Crippen LogP contribution in [0.3, 0.4) is 0 Å². The molecule has 1 saturated heterocycles. The minimum Gasteiger partial charge on any atom is -0.468 e. The summed E-state index contributed by atoms with van der Waals surface area (Å²) < 4.78 is 28.5. The SMILES string of the molecule is CCCNC(c1ccco1)C1CCS(=O)(=O)C1. The van der Waals surface area contributed by atoms with Gasteiger partial charge in [0.15, 0.2) is 9.84 Å². The highest BCUT2D eigenvalue weighted by Crippen LogP contribution is 2.31. The second kappa shape index (κ2) is 5.23. The number of rotatable bonds is 5. The van der Waals surface area contributed by atoms with Crippen molar-refractivity contribution in [2.24, 2.45) is 5.92 Å². The minimum absolute atomic E-state index is 0.0298. The smallest absolute Gasteiger partial charge is 0.150 e. The van der Waals surface area contributed by atoms with E-state index in [2.05, 4.69) is 12.2 Å². The summed E-state index contributed by atoms with van der Waals surface area (Å²) in [6.07, 6.45) is 3.39. The summed E-state index contributed by atoms with van der Waals surface area (Å²) in [5.41, 5.74) is 0.